The van der Waals surface area contributed by atoms with Gasteiger partial charge < -0.3 is 14.9 Å². The minimum absolute atomic E-state index is 0.0371. The van der Waals surface area contributed by atoms with Crippen molar-refractivity contribution in [2.45, 2.75) is 24.7 Å². The summed E-state index contributed by atoms with van der Waals surface area (Å²) in [4.78, 5) is 11.0. The molecule has 3 aromatic carbocycles. The quantitative estimate of drug-likeness (QED) is 0.414. The molecule has 0 unspecified atom stereocenters. The molecule has 3 rings (SSSR count). The van der Waals surface area contributed by atoms with E-state index in [9.17, 15) is 18.3 Å². The average Bonchev–Trinajstić information content (AvgIpc) is 2.74. The number of benzene rings is 3. The summed E-state index contributed by atoms with van der Waals surface area (Å²) in [5.41, 5.74) is 1.30. The van der Waals surface area contributed by atoms with Crippen molar-refractivity contribution in [3.05, 3.63) is 72.3 Å². The smallest absolute Gasteiger partial charge is 0.339 e. The van der Waals surface area contributed by atoms with Crippen molar-refractivity contribution in [3.8, 4) is 22.6 Å². The number of anilines is 1. The zero-order chi connectivity index (χ0) is 22.4. The van der Waals surface area contributed by atoms with Crippen LogP contribution in [-0.2, 0) is 10.0 Å². The number of carbonyl (C=O) groups is 1. The number of rotatable bonds is 9. The lowest BCUT2D eigenvalue weighted by Crippen LogP contribution is -2.13. The predicted octanol–water partition coefficient (Wildman–Crippen LogP) is 4.74. The molecule has 0 saturated carbocycles. The van der Waals surface area contributed by atoms with Crippen LogP contribution in [0.25, 0.3) is 11.1 Å². The number of hydrogen-bond donors (Lipinski definition) is 3. The molecule has 0 spiro atoms. The Morgan fingerprint density at radius 1 is 1.00 bits per heavy atom. The number of unbranched alkanes of at least 4 members (excludes halogenated alkanes) is 1. The van der Waals surface area contributed by atoms with Gasteiger partial charge in [-0.3, -0.25) is 4.72 Å². The third kappa shape index (κ3) is 5.55. The molecule has 0 amide bonds. The highest BCUT2D eigenvalue weighted by atomic mass is 32.2. The number of ether oxygens (including phenoxy) is 1. The van der Waals surface area contributed by atoms with Crippen molar-refractivity contribution >= 4 is 21.7 Å². The number of aromatic carboxylic acids is 1. The highest BCUT2D eigenvalue weighted by Gasteiger charge is 2.17. The topological polar surface area (TPSA) is 113 Å². The molecule has 0 aliphatic heterocycles. The fourth-order valence-corrected chi connectivity index (χ4v) is 4.01. The Labute approximate surface area is 181 Å². The molecular weight excluding hydrogens is 418 g/mol. The number of carboxylic acid groups (broad SMARTS) is 1. The van der Waals surface area contributed by atoms with E-state index in [1.165, 1.54) is 12.1 Å². The molecule has 0 aromatic heterocycles. The van der Waals surface area contributed by atoms with E-state index in [2.05, 4.69) is 11.6 Å². The molecule has 0 saturated heterocycles. The van der Waals surface area contributed by atoms with Gasteiger partial charge in [-0.15, -0.1) is 0 Å². The standard InChI is InChI=1S/C23H23NO6S/c1-2-3-13-30-19-10-7-16(8-11-19)17-5-4-6-20(14-17)31(28,29)24-18-9-12-21(23(26)27)22(25)15-18/h4-12,14-15,24-25H,2-3,13H2,1H3,(H,26,27). The van der Waals surface area contributed by atoms with E-state index in [1.54, 1.807) is 18.2 Å². The summed E-state index contributed by atoms with van der Waals surface area (Å²) in [5.74, 6) is -1.07. The molecule has 0 fully saturated rings. The third-order valence-electron chi connectivity index (χ3n) is 4.58. The Balaban J connectivity index is 1.80. The number of hydrogen-bond acceptors (Lipinski definition) is 5. The van der Waals surface area contributed by atoms with E-state index < -0.39 is 21.7 Å². The van der Waals surface area contributed by atoms with Crippen molar-refractivity contribution in [1.82, 2.24) is 0 Å². The lowest BCUT2D eigenvalue weighted by molar-refractivity contribution is 0.0693. The molecule has 0 radical (unpaired) electrons. The fourth-order valence-electron chi connectivity index (χ4n) is 2.91. The number of sulfonamides is 1. The lowest BCUT2D eigenvalue weighted by atomic mass is 10.1. The highest BCUT2D eigenvalue weighted by molar-refractivity contribution is 7.92. The number of phenols is 1. The molecule has 0 bridgehead atoms. The van der Waals surface area contributed by atoms with Crippen LogP contribution in [0.4, 0.5) is 5.69 Å². The van der Waals surface area contributed by atoms with Crippen molar-refractivity contribution in [2.75, 3.05) is 11.3 Å². The Morgan fingerprint density at radius 3 is 2.39 bits per heavy atom. The number of carboxylic acids is 1. The molecule has 162 valence electrons. The Bertz CT molecular complexity index is 1170. The highest BCUT2D eigenvalue weighted by Crippen LogP contribution is 2.27. The second-order valence-electron chi connectivity index (χ2n) is 6.90. The second kappa shape index (κ2) is 9.53. The van der Waals surface area contributed by atoms with E-state index >= 15 is 0 Å². The Kier molecular flexibility index (Phi) is 6.81. The molecule has 0 aliphatic carbocycles. The van der Waals surface area contributed by atoms with Crippen molar-refractivity contribution in [3.63, 3.8) is 0 Å². The van der Waals surface area contributed by atoms with Gasteiger partial charge in [0.2, 0.25) is 0 Å². The molecule has 7 nitrogen and oxygen atoms in total. The van der Waals surface area contributed by atoms with E-state index in [0.717, 1.165) is 36.3 Å². The molecule has 0 heterocycles. The maximum atomic E-state index is 12.8. The van der Waals surface area contributed by atoms with Gasteiger partial charge in [0.15, 0.2) is 0 Å². The maximum absolute atomic E-state index is 12.8. The first-order valence-electron chi connectivity index (χ1n) is 9.72. The van der Waals surface area contributed by atoms with Gasteiger partial charge in [0.05, 0.1) is 17.2 Å². The van der Waals surface area contributed by atoms with Gasteiger partial charge in [-0.1, -0.05) is 37.6 Å². The lowest BCUT2D eigenvalue weighted by Gasteiger charge is -2.11. The van der Waals surface area contributed by atoms with Crippen LogP contribution in [0.2, 0.25) is 0 Å². The Morgan fingerprint density at radius 2 is 1.74 bits per heavy atom. The van der Waals surface area contributed by atoms with E-state index in [4.69, 9.17) is 9.84 Å². The SMILES string of the molecule is CCCCOc1ccc(-c2cccc(S(=O)(=O)Nc3ccc(C(=O)O)c(O)c3)c2)cc1. The van der Waals surface area contributed by atoms with Gasteiger partial charge in [-0.2, -0.15) is 0 Å². The van der Waals surface area contributed by atoms with Crippen LogP contribution in [0, 0.1) is 0 Å². The first kappa shape index (κ1) is 22.2. The number of aromatic hydroxyl groups is 1. The van der Waals surface area contributed by atoms with Gasteiger partial charge in [0.25, 0.3) is 10.0 Å². The molecule has 0 atom stereocenters. The van der Waals surface area contributed by atoms with Gasteiger partial charge in [-0.05, 0) is 53.9 Å². The van der Waals surface area contributed by atoms with E-state index in [-0.39, 0.29) is 16.1 Å². The van der Waals surface area contributed by atoms with Crippen LogP contribution in [0.15, 0.2) is 71.6 Å². The van der Waals surface area contributed by atoms with Crippen molar-refractivity contribution in [1.29, 1.82) is 0 Å². The average molecular weight is 442 g/mol. The summed E-state index contributed by atoms with van der Waals surface area (Å²) in [7, 11) is -3.95. The van der Waals surface area contributed by atoms with E-state index in [1.807, 2.05) is 24.3 Å². The zero-order valence-corrected chi connectivity index (χ0v) is 17.7. The van der Waals surface area contributed by atoms with Crippen LogP contribution in [0.1, 0.15) is 30.1 Å². The molecule has 3 N–H and O–H groups in total. The van der Waals surface area contributed by atoms with Gasteiger partial charge in [0, 0.05) is 6.07 Å². The van der Waals surface area contributed by atoms with Crippen LogP contribution in [-0.4, -0.2) is 31.2 Å². The van der Waals surface area contributed by atoms with Gasteiger partial charge >= 0.3 is 5.97 Å². The van der Waals surface area contributed by atoms with Crippen LogP contribution < -0.4 is 9.46 Å². The predicted molar refractivity (Wildman–Crippen MR) is 118 cm³/mol. The molecule has 31 heavy (non-hydrogen) atoms. The van der Waals surface area contributed by atoms with Crippen molar-refractivity contribution in [2.24, 2.45) is 0 Å². The Hall–Kier alpha value is -3.52. The fraction of sp³-hybridized carbons (Fsp3) is 0.174. The zero-order valence-electron chi connectivity index (χ0n) is 16.9. The van der Waals surface area contributed by atoms with E-state index in [0.29, 0.717) is 12.2 Å². The molecule has 3 aromatic rings. The molecular formula is C23H23NO6S. The first-order valence-corrected chi connectivity index (χ1v) is 11.2. The first-order chi connectivity index (χ1) is 14.8. The summed E-state index contributed by atoms with van der Waals surface area (Å²) in [5, 5.41) is 18.8. The molecule has 0 aliphatic rings. The minimum atomic E-state index is -3.95. The minimum Gasteiger partial charge on any atom is -0.507 e. The summed E-state index contributed by atoms with van der Waals surface area (Å²) >= 11 is 0. The van der Waals surface area contributed by atoms with Crippen LogP contribution in [0.5, 0.6) is 11.5 Å². The summed E-state index contributed by atoms with van der Waals surface area (Å²) in [6.07, 6.45) is 2.03. The van der Waals surface area contributed by atoms with Crippen LogP contribution >= 0.6 is 0 Å². The van der Waals surface area contributed by atoms with Crippen molar-refractivity contribution < 1.29 is 28.2 Å². The largest absolute Gasteiger partial charge is 0.507 e. The summed E-state index contributed by atoms with van der Waals surface area (Å²) in [6, 6.07) is 17.3. The normalized spacial score (nSPS) is 11.1. The monoisotopic (exact) mass is 441 g/mol. The number of nitrogens with one attached hydrogen (secondary N) is 1. The second-order valence-corrected chi connectivity index (χ2v) is 8.58. The maximum Gasteiger partial charge on any atom is 0.339 e. The van der Waals surface area contributed by atoms with Gasteiger partial charge in [-0.25, -0.2) is 13.2 Å². The molecule has 8 heteroatoms. The van der Waals surface area contributed by atoms with Gasteiger partial charge in [0.1, 0.15) is 17.1 Å². The summed E-state index contributed by atoms with van der Waals surface area (Å²) < 4.78 is 33.6. The van der Waals surface area contributed by atoms with Crippen LogP contribution in [0.3, 0.4) is 0 Å². The third-order valence-corrected chi connectivity index (χ3v) is 5.96. The summed E-state index contributed by atoms with van der Waals surface area (Å²) in [6.45, 7) is 2.74.